The molecule has 1 heterocycles. The first-order valence-corrected chi connectivity index (χ1v) is 11.2. The van der Waals surface area contributed by atoms with E-state index < -0.39 is 0 Å². The Kier molecular flexibility index (Phi) is 6.70. The van der Waals surface area contributed by atoms with E-state index in [4.69, 9.17) is 0 Å². The lowest BCUT2D eigenvalue weighted by atomic mass is 10.2. The summed E-state index contributed by atoms with van der Waals surface area (Å²) in [4.78, 5) is 31.8. The van der Waals surface area contributed by atoms with E-state index in [2.05, 4.69) is 44.2 Å². The van der Waals surface area contributed by atoms with E-state index in [1.165, 1.54) is 0 Å². The third-order valence-electron chi connectivity index (χ3n) is 5.73. The van der Waals surface area contributed by atoms with Gasteiger partial charge in [-0.05, 0) is 62.3 Å². The van der Waals surface area contributed by atoms with Crippen LogP contribution in [0.3, 0.4) is 0 Å². The normalized spacial score (nSPS) is 13.3. The number of likely N-dealkylation sites (N-methyl/N-ethyl adjacent to an activating group) is 1. The van der Waals surface area contributed by atoms with Crippen molar-refractivity contribution in [2.45, 2.75) is 39.3 Å². The topological polar surface area (TPSA) is 91.3 Å². The lowest BCUT2D eigenvalue weighted by Gasteiger charge is -2.19. The van der Waals surface area contributed by atoms with Crippen molar-refractivity contribution in [2.75, 3.05) is 30.3 Å². The third-order valence-corrected chi connectivity index (χ3v) is 5.73. The maximum atomic E-state index is 12.9. The molecule has 0 spiro atoms. The fourth-order valence-electron chi connectivity index (χ4n) is 3.64. The van der Waals surface area contributed by atoms with E-state index in [0.717, 1.165) is 50.1 Å². The molecular weight excluding hydrogens is 404 g/mol. The van der Waals surface area contributed by atoms with E-state index in [0.29, 0.717) is 23.2 Å². The number of rotatable bonds is 9. The average molecular weight is 435 g/mol. The maximum absolute atomic E-state index is 12.9. The summed E-state index contributed by atoms with van der Waals surface area (Å²) in [7, 11) is 0. The van der Waals surface area contributed by atoms with Crippen LogP contribution in [0.5, 0.6) is 0 Å². The zero-order valence-electron chi connectivity index (χ0n) is 18.6. The molecule has 0 unspecified atom stereocenters. The van der Waals surface area contributed by atoms with E-state index in [1.807, 2.05) is 24.3 Å². The van der Waals surface area contributed by atoms with Gasteiger partial charge in [0.1, 0.15) is 0 Å². The summed E-state index contributed by atoms with van der Waals surface area (Å²) in [5, 5.41) is 8.63. The number of hydrogen-bond acceptors (Lipinski definition) is 4. The molecule has 1 aliphatic carbocycles. The smallest absolute Gasteiger partial charge is 0.319 e. The van der Waals surface area contributed by atoms with Gasteiger partial charge in [0.25, 0.3) is 5.91 Å². The Morgan fingerprint density at radius 1 is 1.03 bits per heavy atom. The summed E-state index contributed by atoms with van der Waals surface area (Å²) in [6.45, 7) is 7.85. The first kappa shape index (κ1) is 21.8. The number of anilines is 2. The molecule has 1 saturated carbocycles. The number of carbonyl (C=O) groups excluding carboxylic acids is 2. The number of imidazole rings is 1. The van der Waals surface area contributed by atoms with Crippen LogP contribution in [-0.2, 0) is 6.54 Å². The molecule has 3 amide bonds. The number of carbonyl (C=O) groups is 2. The second-order valence-electron chi connectivity index (χ2n) is 8.01. The van der Waals surface area contributed by atoms with E-state index in [-0.39, 0.29) is 11.9 Å². The minimum Gasteiger partial charge on any atom is -0.335 e. The van der Waals surface area contributed by atoms with E-state index in [1.54, 1.807) is 24.3 Å². The molecule has 1 aromatic heterocycles. The molecule has 2 aromatic carbocycles. The van der Waals surface area contributed by atoms with Crippen molar-refractivity contribution in [1.29, 1.82) is 0 Å². The first-order chi connectivity index (χ1) is 15.6. The second kappa shape index (κ2) is 9.82. The van der Waals surface area contributed by atoms with Crippen LogP contribution in [0.4, 0.5) is 16.4 Å². The molecule has 0 aliphatic heterocycles. The van der Waals surface area contributed by atoms with Gasteiger partial charge < -0.3 is 20.1 Å². The summed E-state index contributed by atoms with van der Waals surface area (Å²) >= 11 is 0. The largest absolute Gasteiger partial charge is 0.335 e. The molecule has 4 rings (SSSR count). The predicted octanol–water partition coefficient (Wildman–Crippen LogP) is 3.91. The number of para-hydroxylation sites is 2. The minimum atomic E-state index is -0.238. The van der Waals surface area contributed by atoms with Crippen molar-refractivity contribution in [3.63, 3.8) is 0 Å². The molecule has 8 heteroatoms. The van der Waals surface area contributed by atoms with Gasteiger partial charge in [0, 0.05) is 30.4 Å². The highest BCUT2D eigenvalue weighted by atomic mass is 16.2. The molecule has 8 nitrogen and oxygen atoms in total. The minimum absolute atomic E-state index is 0.216. The zero-order valence-corrected chi connectivity index (χ0v) is 18.6. The number of amides is 3. The number of benzene rings is 2. The van der Waals surface area contributed by atoms with Crippen LogP contribution in [0.2, 0.25) is 0 Å². The highest BCUT2D eigenvalue weighted by Crippen LogP contribution is 2.21. The van der Waals surface area contributed by atoms with Crippen molar-refractivity contribution in [3.05, 3.63) is 54.1 Å². The predicted molar refractivity (Wildman–Crippen MR) is 127 cm³/mol. The molecule has 168 valence electrons. The maximum Gasteiger partial charge on any atom is 0.319 e. The van der Waals surface area contributed by atoms with Crippen LogP contribution in [0.1, 0.15) is 37.0 Å². The highest BCUT2D eigenvalue weighted by molar-refractivity contribution is 6.04. The molecule has 1 fully saturated rings. The van der Waals surface area contributed by atoms with Crippen LogP contribution in [-0.4, -0.2) is 52.1 Å². The molecule has 0 saturated heterocycles. The highest BCUT2D eigenvalue weighted by Gasteiger charge is 2.23. The molecule has 32 heavy (non-hydrogen) atoms. The van der Waals surface area contributed by atoms with Gasteiger partial charge in [-0.2, -0.15) is 0 Å². The number of urea groups is 1. The Morgan fingerprint density at radius 2 is 1.75 bits per heavy atom. The van der Waals surface area contributed by atoms with Gasteiger partial charge in [-0.25, -0.2) is 9.78 Å². The van der Waals surface area contributed by atoms with Crippen LogP contribution in [0, 0.1) is 0 Å². The zero-order chi connectivity index (χ0) is 22.5. The quantitative estimate of drug-likeness (QED) is 0.476. The van der Waals surface area contributed by atoms with Gasteiger partial charge >= 0.3 is 6.03 Å². The van der Waals surface area contributed by atoms with E-state index >= 15 is 0 Å². The summed E-state index contributed by atoms with van der Waals surface area (Å²) < 4.78 is 2.06. The van der Waals surface area contributed by atoms with Crippen LogP contribution in [0.15, 0.2) is 48.5 Å². The van der Waals surface area contributed by atoms with Gasteiger partial charge in [0.05, 0.1) is 11.0 Å². The van der Waals surface area contributed by atoms with Gasteiger partial charge in [-0.15, -0.1) is 0 Å². The summed E-state index contributed by atoms with van der Waals surface area (Å²) in [6, 6.07) is 14.8. The van der Waals surface area contributed by atoms with Crippen LogP contribution >= 0.6 is 0 Å². The standard InChI is InChI=1S/C24H30N6O2/c1-3-29(4-2)15-16-30-21-8-6-5-7-20(21)27-23(30)28-22(31)17-9-11-18(12-10-17)25-24(32)26-19-13-14-19/h5-12,19H,3-4,13-16H2,1-2H3,(H2,25,26,32)(H,27,28,31). The van der Waals surface area contributed by atoms with Gasteiger partial charge in [0.15, 0.2) is 0 Å². The second-order valence-corrected chi connectivity index (χ2v) is 8.01. The lowest BCUT2D eigenvalue weighted by Crippen LogP contribution is -2.30. The molecule has 0 radical (unpaired) electrons. The first-order valence-electron chi connectivity index (χ1n) is 11.2. The van der Waals surface area contributed by atoms with Crippen molar-refractivity contribution in [3.8, 4) is 0 Å². The molecule has 0 atom stereocenters. The summed E-state index contributed by atoms with van der Waals surface area (Å²) in [5.41, 5.74) is 2.99. The summed E-state index contributed by atoms with van der Waals surface area (Å²) in [6.07, 6.45) is 2.07. The van der Waals surface area contributed by atoms with Crippen molar-refractivity contribution in [1.82, 2.24) is 19.8 Å². The van der Waals surface area contributed by atoms with Crippen molar-refractivity contribution in [2.24, 2.45) is 0 Å². The van der Waals surface area contributed by atoms with Gasteiger partial charge in [-0.3, -0.25) is 10.1 Å². The molecule has 0 bridgehead atoms. The molecular formula is C24H30N6O2. The Hall–Kier alpha value is -3.39. The van der Waals surface area contributed by atoms with Crippen LogP contribution < -0.4 is 16.0 Å². The lowest BCUT2D eigenvalue weighted by molar-refractivity contribution is 0.102. The number of aromatic nitrogens is 2. The monoisotopic (exact) mass is 434 g/mol. The van der Waals surface area contributed by atoms with Gasteiger partial charge in [0.2, 0.25) is 5.95 Å². The SMILES string of the molecule is CCN(CC)CCn1c(NC(=O)c2ccc(NC(=O)NC3CC3)cc2)nc2ccccc21. The Bertz CT molecular complexity index is 1080. The van der Waals surface area contributed by atoms with Gasteiger partial charge in [-0.1, -0.05) is 26.0 Å². The Morgan fingerprint density at radius 3 is 2.44 bits per heavy atom. The van der Waals surface area contributed by atoms with Crippen LogP contribution in [0.25, 0.3) is 11.0 Å². The average Bonchev–Trinajstić information content (AvgIpc) is 3.54. The number of nitrogens with zero attached hydrogens (tertiary/aromatic N) is 3. The third kappa shape index (κ3) is 5.26. The van der Waals surface area contributed by atoms with Crippen molar-refractivity contribution < 1.29 is 9.59 Å². The van der Waals surface area contributed by atoms with E-state index in [9.17, 15) is 9.59 Å². The molecule has 1 aliphatic rings. The number of nitrogens with one attached hydrogen (secondary N) is 3. The number of hydrogen-bond donors (Lipinski definition) is 3. The fourth-order valence-corrected chi connectivity index (χ4v) is 3.64. The molecule has 3 N–H and O–H groups in total. The van der Waals surface area contributed by atoms with Crippen molar-refractivity contribution >= 4 is 34.6 Å². The Balaban J connectivity index is 1.46. The Labute approximate surface area is 188 Å². The number of fused-ring (bicyclic) bond motifs is 1. The summed E-state index contributed by atoms with van der Waals surface area (Å²) in [5.74, 6) is 0.299. The molecule has 3 aromatic rings. The fraction of sp³-hybridized carbons (Fsp3) is 0.375.